The molecule has 0 unspecified atom stereocenters. The molecule has 1 aromatic heterocycles. The molecule has 1 saturated carbocycles. The predicted octanol–water partition coefficient (Wildman–Crippen LogP) is 3.26. The Balaban J connectivity index is 1.76. The summed E-state index contributed by atoms with van der Waals surface area (Å²) in [5.41, 5.74) is 5.98. The number of pyridine rings is 1. The molecule has 1 aliphatic rings. The number of hydrogen-bond donors (Lipinski definition) is 2. The third kappa shape index (κ3) is 4.10. The molecular formula is C15H22ClN3O. The highest BCUT2D eigenvalue weighted by molar-refractivity contribution is 6.33. The van der Waals surface area contributed by atoms with Crippen molar-refractivity contribution in [3.05, 3.63) is 22.8 Å². The van der Waals surface area contributed by atoms with Gasteiger partial charge in [-0.15, -0.1) is 0 Å². The molecule has 0 atom stereocenters. The highest BCUT2D eigenvalue weighted by Crippen LogP contribution is 2.29. The van der Waals surface area contributed by atoms with Gasteiger partial charge in [0.05, 0.1) is 10.6 Å². The fraction of sp³-hybridized carbons (Fsp3) is 0.600. The van der Waals surface area contributed by atoms with Crippen LogP contribution < -0.4 is 11.1 Å². The number of rotatable bonds is 4. The van der Waals surface area contributed by atoms with E-state index >= 15 is 0 Å². The molecule has 1 fully saturated rings. The second-order valence-electron chi connectivity index (χ2n) is 5.76. The largest absolute Gasteiger partial charge is 0.382 e. The molecule has 5 heteroatoms. The van der Waals surface area contributed by atoms with Gasteiger partial charge in [0.2, 0.25) is 0 Å². The maximum atomic E-state index is 12.0. The van der Waals surface area contributed by atoms with E-state index in [0.29, 0.717) is 17.1 Å². The number of halogens is 1. The Morgan fingerprint density at radius 2 is 2.15 bits per heavy atom. The van der Waals surface area contributed by atoms with Crippen molar-refractivity contribution in [3.63, 3.8) is 0 Å². The van der Waals surface area contributed by atoms with E-state index in [0.717, 1.165) is 18.3 Å². The highest BCUT2D eigenvalue weighted by Gasteiger charge is 2.18. The van der Waals surface area contributed by atoms with Crippen LogP contribution in [-0.2, 0) is 0 Å². The van der Waals surface area contributed by atoms with E-state index in [1.165, 1.54) is 31.9 Å². The van der Waals surface area contributed by atoms with E-state index in [9.17, 15) is 4.79 Å². The topological polar surface area (TPSA) is 68.0 Å². The molecule has 0 spiro atoms. The van der Waals surface area contributed by atoms with Crippen LogP contribution in [0.4, 0.5) is 5.82 Å². The molecule has 0 aromatic carbocycles. The second-order valence-corrected chi connectivity index (χ2v) is 6.17. The first-order chi connectivity index (χ1) is 9.56. The van der Waals surface area contributed by atoms with Crippen LogP contribution in [0.2, 0.25) is 5.02 Å². The number of amides is 1. The van der Waals surface area contributed by atoms with Crippen LogP contribution in [0.1, 0.15) is 49.4 Å². The summed E-state index contributed by atoms with van der Waals surface area (Å²) in [6, 6.07) is 1.56. The van der Waals surface area contributed by atoms with Crippen molar-refractivity contribution in [1.82, 2.24) is 10.3 Å². The quantitative estimate of drug-likeness (QED) is 0.896. The lowest BCUT2D eigenvalue weighted by atomic mass is 9.81. The van der Waals surface area contributed by atoms with Crippen LogP contribution >= 0.6 is 11.6 Å². The molecule has 0 radical (unpaired) electrons. The number of carbonyl (C=O) groups is 1. The van der Waals surface area contributed by atoms with Crippen LogP contribution in [0.25, 0.3) is 0 Å². The summed E-state index contributed by atoms with van der Waals surface area (Å²) in [5, 5.41) is 3.24. The number of nitrogens with one attached hydrogen (secondary N) is 1. The van der Waals surface area contributed by atoms with E-state index in [2.05, 4.69) is 17.2 Å². The molecule has 0 saturated heterocycles. The van der Waals surface area contributed by atoms with E-state index < -0.39 is 0 Å². The van der Waals surface area contributed by atoms with Crippen LogP contribution in [0.15, 0.2) is 12.3 Å². The maximum Gasteiger partial charge on any atom is 0.252 e. The minimum Gasteiger partial charge on any atom is -0.382 e. The van der Waals surface area contributed by atoms with Crippen LogP contribution in [0.3, 0.4) is 0 Å². The van der Waals surface area contributed by atoms with Crippen molar-refractivity contribution in [2.75, 3.05) is 12.3 Å². The number of nitrogen functional groups attached to an aromatic ring is 1. The Labute approximate surface area is 125 Å². The lowest BCUT2D eigenvalue weighted by Gasteiger charge is -2.26. The molecule has 1 amide bonds. The Morgan fingerprint density at radius 3 is 2.80 bits per heavy atom. The van der Waals surface area contributed by atoms with Gasteiger partial charge < -0.3 is 11.1 Å². The molecule has 1 aromatic rings. The van der Waals surface area contributed by atoms with Gasteiger partial charge in [-0.25, -0.2) is 4.98 Å². The Morgan fingerprint density at radius 1 is 1.45 bits per heavy atom. The van der Waals surface area contributed by atoms with Crippen LogP contribution in [0.5, 0.6) is 0 Å². The standard InChI is InChI=1S/C15H22ClN3O/c1-10-2-4-11(5-3-10)6-7-18-15(20)12-8-13(16)14(17)19-9-12/h8-11H,2-7H2,1H3,(H2,17,19)(H,18,20). The van der Waals surface area contributed by atoms with E-state index in [1.807, 2.05) is 0 Å². The van der Waals surface area contributed by atoms with Gasteiger partial charge in [-0.2, -0.15) is 0 Å². The molecule has 0 aliphatic heterocycles. The molecule has 0 bridgehead atoms. The normalized spacial score (nSPS) is 22.5. The average molecular weight is 296 g/mol. The summed E-state index contributed by atoms with van der Waals surface area (Å²) >= 11 is 5.86. The first-order valence-corrected chi connectivity index (χ1v) is 7.63. The van der Waals surface area contributed by atoms with Crippen LogP contribution in [-0.4, -0.2) is 17.4 Å². The van der Waals surface area contributed by atoms with Crippen molar-refractivity contribution in [1.29, 1.82) is 0 Å². The van der Waals surface area contributed by atoms with Gasteiger partial charge in [0.1, 0.15) is 5.82 Å². The molecule has 1 aliphatic carbocycles. The highest BCUT2D eigenvalue weighted by atomic mass is 35.5. The number of aromatic nitrogens is 1. The Kier molecular flexibility index (Phi) is 5.24. The maximum absolute atomic E-state index is 12.0. The Bertz CT molecular complexity index is 470. The summed E-state index contributed by atoms with van der Waals surface area (Å²) in [6.07, 6.45) is 7.71. The van der Waals surface area contributed by atoms with Gasteiger partial charge in [-0.05, 0) is 24.3 Å². The van der Waals surface area contributed by atoms with Crippen molar-refractivity contribution in [2.45, 2.75) is 39.0 Å². The zero-order chi connectivity index (χ0) is 14.5. The van der Waals surface area contributed by atoms with Crippen molar-refractivity contribution in [3.8, 4) is 0 Å². The average Bonchev–Trinajstić information content (AvgIpc) is 2.44. The number of nitrogens with two attached hydrogens (primary N) is 1. The van der Waals surface area contributed by atoms with Gasteiger partial charge in [0, 0.05) is 12.7 Å². The molecule has 4 nitrogen and oxygen atoms in total. The van der Waals surface area contributed by atoms with Gasteiger partial charge in [0.25, 0.3) is 5.91 Å². The van der Waals surface area contributed by atoms with Crippen LogP contribution in [0, 0.1) is 11.8 Å². The first kappa shape index (κ1) is 15.1. The summed E-state index contributed by atoms with van der Waals surface area (Å²) in [6.45, 7) is 3.02. The zero-order valence-corrected chi connectivity index (χ0v) is 12.6. The molecule has 3 N–H and O–H groups in total. The lowest BCUT2D eigenvalue weighted by molar-refractivity contribution is 0.0949. The monoisotopic (exact) mass is 295 g/mol. The molecule has 1 heterocycles. The summed E-state index contributed by atoms with van der Waals surface area (Å²) in [4.78, 5) is 15.8. The molecule has 2 rings (SSSR count). The van der Waals surface area contributed by atoms with Crippen molar-refractivity contribution in [2.24, 2.45) is 11.8 Å². The number of carbonyl (C=O) groups excluding carboxylic acids is 1. The van der Waals surface area contributed by atoms with Gasteiger partial charge in [-0.3, -0.25) is 4.79 Å². The summed E-state index contributed by atoms with van der Waals surface area (Å²) in [5.74, 6) is 1.73. The van der Waals surface area contributed by atoms with Gasteiger partial charge in [-0.1, -0.05) is 44.2 Å². The van der Waals surface area contributed by atoms with Crippen molar-refractivity contribution >= 4 is 23.3 Å². The molecular weight excluding hydrogens is 274 g/mol. The third-order valence-corrected chi connectivity index (χ3v) is 4.41. The van der Waals surface area contributed by atoms with E-state index in [-0.39, 0.29) is 11.7 Å². The minimum absolute atomic E-state index is 0.136. The SMILES string of the molecule is CC1CCC(CCNC(=O)c2cnc(N)c(Cl)c2)CC1. The van der Waals surface area contributed by atoms with Crippen molar-refractivity contribution < 1.29 is 4.79 Å². The number of nitrogens with zero attached hydrogens (tertiary/aromatic N) is 1. The van der Waals surface area contributed by atoms with E-state index in [1.54, 1.807) is 6.07 Å². The summed E-state index contributed by atoms with van der Waals surface area (Å²) < 4.78 is 0. The Hall–Kier alpha value is -1.29. The predicted molar refractivity (Wildman–Crippen MR) is 81.7 cm³/mol. The number of anilines is 1. The third-order valence-electron chi connectivity index (χ3n) is 4.11. The minimum atomic E-state index is -0.136. The lowest BCUT2D eigenvalue weighted by Crippen LogP contribution is -2.27. The first-order valence-electron chi connectivity index (χ1n) is 7.25. The molecule has 20 heavy (non-hydrogen) atoms. The van der Waals surface area contributed by atoms with Gasteiger partial charge >= 0.3 is 0 Å². The second kappa shape index (κ2) is 6.93. The van der Waals surface area contributed by atoms with Gasteiger partial charge in [0.15, 0.2) is 0 Å². The zero-order valence-electron chi connectivity index (χ0n) is 11.9. The summed E-state index contributed by atoms with van der Waals surface area (Å²) in [7, 11) is 0. The fourth-order valence-electron chi connectivity index (χ4n) is 2.68. The van der Waals surface area contributed by atoms with E-state index in [4.69, 9.17) is 17.3 Å². The fourth-order valence-corrected chi connectivity index (χ4v) is 2.85. The number of hydrogen-bond acceptors (Lipinski definition) is 3. The molecule has 110 valence electrons. The smallest absolute Gasteiger partial charge is 0.252 e.